The van der Waals surface area contributed by atoms with Gasteiger partial charge in [0.2, 0.25) is 0 Å². The van der Waals surface area contributed by atoms with Crippen LogP contribution in [0.25, 0.3) is 0 Å². The first-order valence-corrected chi connectivity index (χ1v) is 32.7. The van der Waals surface area contributed by atoms with Crippen LogP contribution in [-0.4, -0.2) is 12.4 Å². The zero-order chi connectivity index (χ0) is 63.1. The number of benzene rings is 14. The molecule has 0 fully saturated rings. The second-order valence-corrected chi connectivity index (χ2v) is 24.2. The molecule has 0 unspecified atom stereocenters. The van der Waals surface area contributed by atoms with Gasteiger partial charge < -0.3 is 0 Å². The van der Waals surface area contributed by atoms with E-state index in [0.717, 1.165) is 33.6 Å². The van der Waals surface area contributed by atoms with Gasteiger partial charge in [0.15, 0.2) is 0 Å². The van der Waals surface area contributed by atoms with E-state index < -0.39 is 0 Å². The molecule has 0 saturated heterocycles. The fourth-order valence-electron chi connectivity index (χ4n) is 14.2. The first-order chi connectivity index (χ1) is 46.7. The Morgan fingerprint density at radius 3 is 0.415 bits per heavy atom. The quantitative estimate of drug-likeness (QED) is 0.0506. The molecule has 0 radical (unpaired) electrons. The average Bonchev–Trinajstić information content (AvgIpc) is 0.769. The third-order valence-electron chi connectivity index (χ3n) is 18.4. The van der Waals surface area contributed by atoms with Gasteiger partial charge in [0.1, 0.15) is 0 Å². The monoisotopic (exact) mass is 1200 g/mol. The Kier molecular flexibility index (Phi) is 18.6. The number of nitrogens with zero attached hydrogens (tertiary/aromatic N) is 2. The minimum Gasteiger partial charge on any atom is -0.255 e. The molecule has 0 bridgehead atoms. The van der Waals surface area contributed by atoms with Gasteiger partial charge in [0.05, 0.1) is 11.4 Å². The molecule has 0 heterocycles. The number of hydrogen-bond acceptors (Lipinski definition) is 2. The molecule has 0 saturated carbocycles. The van der Waals surface area contributed by atoms with Gasteiger partial charge >= 0.3 is 0 Å². The molecule has 0 aromatic heterocycles. The van der Waals surface area contributed by atoms with Crippen LogP contribution in [0.5, 0.6) is 0 Å². The van der Waals surface area contributed by atoms with E-state index in [1.165, 1.54) is 77.9 Å². The molecule has 2 nitrogen and oxygen atoms in total. The first-order valence-electron chi connectivity index (χ1n) is 32.7. The van der Waals surface area contributed by atoms with E-state index in [1.54, 1.807) is 0 Å². The lowest BCUT2D eigenvalue weighted by Crippen LogP contribution is -2.12. The smallest absolute Gasteiger partial charge is 0.0713 e. The number of rotatable bonds is 21. The maximum Gasteiger partial charge on any atom is 0.0713 e. The number of hydrogen-bond donors (Lipinski definition) is 0. The zero-order valence-corrected chi connectivity index (χ0v) is 52.5. The van der Waals surface area contributed by atoms with Crippen molar-refractivity contribution in [2.45, 2.75) is 35.5 Å². The summed E-state index contributed by atoms with van der Waals surface area (Å²) in [6, 6.07) is 142. The van der Waals surface area contributed by atoms with Crippen LogP contribution in [0.3, 0.4) is 0 Å². The summed E-state index contributed by atoms with van der Waals surface area (Å²) in [7, 11) is 0. The molecule has 0 N–H and O–H groups in total. The molecule has 0 atom stereocenters. The Hall–Kier alpha value is -11.6. The Bertz CT molecular complexity index is 3970. The minimum absolute atomic E-state index is 0.105. The van der Waals surface area contributed by atoms with Gasteiger partial charge in [-0.1, -0.05) is 388 Å². The second-order valence-electron chi connectivity index (χ2n) is 24.2. The Morgan fingerprint density at radius 1 is 0.149 bits per heavy atom. The average molecular weight is 1210 g/mol. The summed E-state index contributed by atoms with van der Waals surface area (Å²) < 4.78 is 0. The largest absolute Gasteiger partial charge is 0.255 e. The van der Waals surface area contributed by atoms with Crippen LogP contribution in [0.1, 0.15) is 136 Å². The van der Waals surface area contributed by atoms with Crippen LogP contribution in [0.4, 0.5) is 11.4 Å². The molecule has 0 spiro atoms. The predicted octanol–water partition coefficient (Wildman–Crippen LogP) is 22.9. The third-order valence-corrected chi connectivity index (χ3v) is 18.4. The molecule has 14 aromatic carbocycles. The summed E-state index contributed by atoms with van der Waals surface area (Å²) in [5, 5.41) is 0. The predicted molar refractivity (Wildman–Crippen MR) is 392 cm³/mol. The van der Waals surface area contributed by atoms with Crippen LogP contribution < -0.4 is 0 Å². The molecule has 94 heavy (non-hydrogen) atoms. The molecule has 0 amide bonds. The van der Waals surface area contributed by atoms with E-state index in [1.807, 2.05) is 12.4 Å². The molecule has 450 valence electrons. The summed E-state index contributed by atoms with van der Waals surface area (Å²) >= 11 is 0. The highest BCUT2D eigenvalue weighted by Gasteiger charge is 2.32. The topological polar surface area (TPSA) is 24.7 Å². The molecular weight excluding hydrogens is 1130 g/mol. The van der Waals surface area contributed by atoms with Crippen molar-refractivity contribution in [3.05, 3.63) is 488 Å². The van der Waals surface area contributed by atoms with Gasteiger partial charge in [-0.3, -0.25) is 9.98 Å². The summed E-state index contributed by atoms with van der Waals surface area (Å²) in [6.07, 6.45) is 3.96. The van der Waals surface area contributed by atoms with E-state index in [4.69, 9.17) is 9.98 Å². The molecule has 0 aliphatic carbocycles. The standard InChI is InChI=1S/C92H72N2/c1-13-37-67(38-14-1)85(68-39-15-2-16-40-68)79-63-81(87(71-45-21-5-22-46-71)72-47-23-6-24-48-72)91(82(64-79)88(73-49-25-7-26-50-73)74-51-27-8-28-52-74)93-61-62-94-92-83(89(75-53-29-9-30-54-75)76-55-31-10-32-56-76)65-80(86(69-41-17-3-18-42-69)70-43-19-4-20-44-70)66-84(92)90(77-57-33-11-34-58-77)78-59-35-12-36-60-78/h1-66,85-90H. The highest BCUT2D eigenvalue weighted by Crippen LogP contribution is 2.50. The van der Waals surface area contributed by atoms with Gasteiger partial charge in [0.25, 0.3) is 0 Å². The maximum atomic E-state index is 5.94. The molecule has 0 aliphatic heterocycles. The lowest BCUT2D eigenvalue weighted by atomic mass is 9.75. The zero-order valence-electron chi connectivity index (χ0n) is 52.5. The summed E-state index contributed by atoms with van der Waals surface area (Å²) in [4.78, 5) is 11.9. The third kappa shape index (κ3) is 13.3. The molecular formula is C92H72N2. The Morgan fingerprint density at radius 2 is 0.277 bits per heavy atom. The van der Waals surface area contributed by atoms with E-state index in [2.05, 4.69) is 388 Å². The van der Waals surface area contributed by atoms with E-state index in [-0.39, 0.29) is 35.5 Å². The van der Waals surface area contributed by atoms with Crippen molar-refractivity contribution < 1.29 is 0 Å². The van der Waals surface area contributed by atoms with Crippen molar-refractivity contribution in [1.29, 1.82) is 0 Å². The molecule has 14 aromatic rings. The van der Waals surface area contributed by atoms with Crippen molar-refractivity contribution in [2.75, 3.05) is 0 Å². The van der Waals surface area contributed by atoms with Crippen molar-refractivity contribution in [3.63, 3.8) is 0 Å². The van der Waals surface area contributed by atoms with Crippen molar-refractivity contribution in [1.82, 2.24) is 0 Å². The van der Waals surface area contributed by atoms with Crippen molar-refractivity contribution in [2.24, 2.45) is 9.98 Å². The fourth-order valence-corrected chi connectivity index (χ4v) is 14.2. The van der Waals surface area contributed by atoms with Gasteiger partial charge in [0, 0.05) is 47.9 Å². The fraction of sp³-hybridized carbons (Fsp3) is 0.0652. The van der Waals surface area contributed by atoms with Gasteiger partial charge in [-0.05, 0) is 100 Å². The lowest BCUT2D eigenvalue weighted by molar-refractivity contribution is 0.906. The lowest BCUT2D eigenvalue weighted by Gasteiger charge is -2.29. The van der Waals surface area contributed by atoms with Crippen LogP contribution >= 0.6 is 0 Å². The van der Waals surface area contributed by atoms with E-state index in [0.29, 0.717) is 0 Å². The maximum absolute atomic E-state index is 5.94. The summed E-state index contributed by atoms with van der Waals surface area (Å²) in [5.41, 5.74) is 22.8. The normalized spacial score (nSPS) is 11.7. The molecule has 2 heteroatoms. The van der Waals surface area contributed by atoms with Gasteiger partial charge in [-0.2, -0.15) is 0 Å². The summed E-state index contributed by atoms with van der Waals surface area (Å²) in [5.74, 6) is -1.07. The van der Waals surface area contributed by atoms with Crippen LogP contribution in [0.2, 0.25) is 0 Å². The van der Waals surface area contributed by atoms with Crippen LogP contribution in [-0.2, 0) is 0 Å². The van der Waals surface area contributed by atoms with Crippen LogP contribution in [0, 0.1) is 0 Å². The minimum atomic E-state index is -0.215. The van der Waals surface area contributed by atoms with Gasteiger partial charge in [-0.15, -0.1) is 0 Å². The molecule has 0 aliphatic rings. The highest BCUT2D eigenvalue weighted by molar-refractivity contribution is 6.18. The molecule has 14 rings (SSSR count). The second kappa shape index (κ2) is 29.1. The Labute approximate surface area is 554 Å². The first kappa shape index (κ1) is 60.0. The Balaban J connectivity index is 1.08. The van der Waals surface area contributed by atoms with Gasteiger partial charge in [-0.25, -0.2) is 0 Å². The van der Waals surface area contributed by atoms with Crippen LogP contribution in [0.15, 0.2) is 398 Å². The van der Waals surface area contributed by atoms with Crippen molar-refractivity contribution in [3.8, 4) is 0 Å². The van der Waals surface area contributed by atoms with E-state index >= 15 is 0 Å². The number of aliphatic imine (C=N–C) groups is 2. The van der Waals surface area contributed by atoms with E-state index in [9.17, 15) is 0 Å². The SMILES string of the molecule is C(C=Nc1c(C(c2ccccc2)c2ccccc2)cc(C(c2ccccc2)c2ccccc2)cc1C(c1ccccc1)c1ccccc1)=Nc1c(C(c2ccccc2)c2ccccc2)cc(C(c2ccccc2)c2ccccc2)cc1C(c1ccccc1)c1ccccc1. The summed E-state index contributed by atoms with van der Waals surface area (Å²) in [6.45, 7) is 0. The highest BCUT2D eigenvalue weighted by atomic mass is 14.8. The van der Waals surface area contributed by atoms with Crippen molar-refractivity contribution >= 4 is 23.8 Å².